The number of hydrogen-bond acceptors (Lipinski definition) is 2. The Labute approximate surface area is 90.8 Å². The van der Waals surface area contributed by atoms with Crippen molar-refractivity contribution in [2.45, 2.75) is 25.8 Å². The lowest BCUT2D eigenvalue weighted by molar-refractivity contribution is -0.115. The van der Waals surface area contributed by atoms with Crippen LogP contribution in [0.15, 0.2) is 42.5 Å². The molecule has 1 atom stereocenters. The third kappa shape index (κ3) is 3.68. The molecule has 0 aliphatic carbocycles. The molecule has 0 saturated heterocycles. The lowest BCUT2D eigenvalue weighted by Gasteiger charge is -2.10. The number of benzene rings is 1. The standard InChI is InChI=1S/C13H17NO/c1-10(2)13(15)9-8-12(14)11-6-4-3-5-7-11/h3-7,12H,1,8-9,14H2,2H3. The molecule has 80 valence electrons. The normalized spacial score (nSPS) is 12.1. The third-order valence-corrected chi connectivity index (χ3v) is 2.39. The van der Waals surface area contributed by atoms with Crippen LogP contribution in [0.25, 0.3) is 0 Å². The number of carbonyl (C=O) groups is 1. The van der Waals surface area contributed by atoms with Gasteiger partial charge in [-0.15, -0.1) is 0 Å². The summed E-state index contributed by atoms with van der Waals surface area (Å²) in [6.07, 6.45) is 1.15. The molecule has 2 N–H and O–H groups in total. The van der Waals surface area contributed by atoms with Gasteiger partial charge in [0.2, 0.25) is 0 Å². The van der Waals surface area contributed by atoms with Crippen LogP contribution >= 0.6 is 0 Å². The number of hydrogen-bond donors (Lipinski definition) is 1. The molecule has 2 heteroatoms. The summed E-state index contributed by atoms with van der Waals surface area (Å²) in [6, 6.07) is 9.77. The molecule has 1 unspecified atom stereocenters. The highest BCUT2D eigenvalue weighted by Gasteiger charge is 2.08. The number of allylic oxidation sites excluding steroid dienone is 1. The second-order valence-electron chi connectivity index (χ2n) is 3.76. The number of Topliss-reactive ketones (excluding diaryl/α,β-unsaturated/α-hetero) is 1. The highest BCUT2D eigenvalue weighted by Crippen LogP contribution is 2.16. The van der Waals surface area contributed by atoms with Crippen molar-refractivity contribution in [3.05, 3.63) is 48.0 Å². The van der Waals surface area contributed by atoms with E-state index in [0.717, 1.165) is 5.56 Å². The summed E-state index contributed by atoms with van der Waals surface area (Å²) in [6.45, 7) is 5.35. The van der Waals surface area contributed by atoms with Gasteiger partial charge in [0.05, 0.1) is 0 Å². The van der Waals surface area contributed by atoms with E-state index < -0.39 is 0 Å². The van der Waals surface area contributed by atoms with Gasteiger partial charge in [-0.2, -0.15) is 0 Å². The minimum Gasteiger partial charge on any atom is -0.324 e. The first-order valence-electron chi connectivity index (χ1n) is 5.10. The topological polar surface area (TPSA) is 43.1 Å². The molecule has 1 aromatic rings. The van der Waals surface area contributed by atoms with Gasteiger partial charge in [0, 0.05) is 12.5 Å². The van der Waals surface area contributed by atoms with Crippen LogP contribution in [-0.2, 0) is 4.79 Å². The Balaban J connectivity index is 2.47. The zero-order chi connectivity index (χ0) is 11.3. The van der Waals surface area contributed by atoms with E-state index in [-0.39, 0.29) is 11.8 Å². The Morgan fingerprint density at radius 1 is 1.40 bits per heavy atom. The maximum Gasteiger partial charge on any atom is 0.158 e. The Kier molecular flexibility index (Phi) is 4.25. The van der Waals surface area contributed by atoms with Crippen molar-refractivity contribution in [1.82, 2.24) is 0 Å². The highest BCUT2D eigenvalue weighted by molar-refractivity contribution is 5.94. The summed E-state index contributed by atoms with van der Waals surface area (Å²) in [5.74, 6) is 0.0985. The second kappa shape index (κ2) is 5.47. The molecule has 0 radical (unpaired) electrons. The van der Waals surface area contributed by atoms with E-state index in [1.54, 1.807) is 6.92 Å². The van der Waals surface area contributed by atoms with E-state index in [1.165, 1.54) is 0 Å². The molecule has 1 aromatic carbocycles. The van der Waals surface area contributed by atoms with E-state index >= 15 is 0 Å². The quantitative estimate of drug-likeness (QED) is 0.747. The highest BCUT2D eigenvalue weighted by atomic mass is 16.1. The van der Waals surface area contributed by atoms with Crippen LogP contribution in [0.5, 0.6) is 0 Å². The second-order valence-corrected chi connectivity index (χ2v) is 3.76. The van der Waals surface area contributed by atoms with Crippen LogP contribution in [0.4, 0.5) is 0 Å². The number of ketones is 1. The Hall–Kier alpha value is -1.41. The van der Waals surface area contributed by atoms with Gasteiger partial charge < -0.3 is 5.73 Å². The van der Waals surface area contributed by atoms with Crippen LogP contribution in [-0.4, -0.2) is 5.78 Å². The van der Waals surface area contributed by atoms with Crippen LogP contribution in [0.3, 0.4) is 0 Å². The van der Waals surface area contributed by atoms with E-state index in [9.17, 15) is 4.79 Å². The van der Waals surface area contributed by atoms with Crippen LogP contribution in [0.2, 0.25) is 0 Å². The lowest BCUT2D eigenvalue weighted by atomic mass is 10.00. The fraction of sp³-hybridized carbons (Fsp3) is 0.308. The molecular formula is C13H17NO. The predicted molar refractivity (Wildman–Crippen MR) is 62.4 cm³/mol. The average Bonchev–Trinajstić information content (AvgIpc) is 2.26. The van der Waals surface area contributed by atoms with Gasteiger partial charge in [0.15, 0.2) is 5.78 Å². The minimum atomic E-state index is -0.0606. The maximum absolute atomic E-state index is 11.3. The van der Waals surface area contributed by atoms with Crippen molar-refractivity contribution in [2.24, 2.45) is 5.73 Å². The lowest BCUT2D eigenvalue weighted by Crippen LogP contribution is -2.12. The Morgan fingerprint density at radius 2 is 2.00 bits per heavy atom. The fourth-order valence-electron chi connectivity index (χ4n) is 1.37. The van der Waals surface area contributed by atoms with Gasteiger partial charge in [-0.1, -0.05) is 36.9 Å². The zero-order valence-corrected chi connectivity index (χ0v) is 9.07. The summed E-state index contributed by atoms with van der Waals surface area (Å²) in [5.41, 5.74) is 7.64. The van der Waals surface area contributed by atoms with E-state index in [4.69, 9.17) is 5.73 Å². The van der Waals surface area contributed by atoms with Crippen molar-refractivity contribution in [1.29, 1.82) is 0 Å². The van der Waals surface area contributed by atoms with Gasteiger partial charge in [-0.05, 0) is 24.5 Å². The Morgan fingerprint density at radius 3 is 2.53 bits per heavy atom. The average molecular weight is 203 g/mol. The summed E-state index contributed by atoms with van der Waals surface area (Å²) in [4.78, 5) is 11.3. The SMILES string of the molecule is C=C(C)C(=O)CCC(N)c1ccccc1. The molecule has 0 fully saturated rings. The first-order chi connectivity index (χ1) is 7.11. The Bertz CT molecular complexity index is 343. The van der Waals surface area contributed by atoms with Crippen molar-refractivity contribution in [3.8, 4) is 0 Å². The van der Waals surface area contributed by atoms with Gasteiger partial charge in [-0.3, -0.25) is 4.79 Å². The van der Waals surface area contributed by atoms with Crippen molar-refractivity contribution in [2.75, 3.05) is 0 Å². The van der Waals surface area contributed by atoms with Gasteiger partial charge in [-0.25, -0.2) is 0 Å². The summed E-state index contributed by atoms with van der Waals surface area (Å²) in [5, 5.41) is 0. The summed E-state index contributed by atoms with van der Waals surface area (Å²) >= 11 is 0. The molecule has 0 spiro atoms. The molecule has 15 heavy (non-hydrogen) atoms. The van der Waals surface area contributed by atoms with Crippen LogP contribution in [0, 0.1) is 0 Å². The summed E-state index contributed by atoms with van der Waals surface area (Å²) < 4.78 is 0. The number of carbonyl (C=O) groups excluding carboxylic acids is 1. The fourth-order valence-corrected chi connectivity index (χ4v) is 1.37. The first kappa shape index (κ1) is 11.7. The van der Waals surface area contributed by atoms with Gasteiger partial charge >= 0.3 is 0 Å². The zero-order valence-electron chi connectivity index (χ0n) is 9.07. The van der Waals surface area contributed by atoms with E-state index in [1.807, 2.05) is 30.3 Å². The summed E-state index contributed by atoms with van der Waals surface area (Å²) in [7, 11) is 0. The van der Waals surface area contributed by atoms with Crippen LogP contribution in [0.1, 0.15) is 31.4 Å². The van der Waals surface area contributed by atoms with E-state index in [2.05, 4.69) is 6.58 Å². The third-order valence-electron chi connectivity index (χ3n) is 2.39. The minimum absolute atomic E-state index is 0.0606. The number of rotatable bonds is 5. The number of nitrogens with two attached hydrogens (primary N) is 1. The van der Waals surface area contributed by atoms with Crippen molar-refractivity contribution < 1.29 is 4.79 Å². The van der Waals surface area contributed by atoms with E-state index in [0.29, 0.717) is 18.4 Å². The predicted octanol–water partition coefficient (Wildman–Crippen LogP) is 2.61. The first-order valence-corrected chi connectivity index (χ1v) is 5.10. The van der Waals surface area contributed by atoms with Gasteiger partial charge in [0.1, 0.15) is 0 Å². The monoisotopic (exact) mass is 203 g/mol. The molecule has 0 amide bonds. The van der Waals surface area contributed by atoms with Crippen molar-refractivity contribution >= 4 is 5.78 Å². The molecule has 0 aliphatic rings. The van der Waals surface area contributed by atoms with Gasteiger partial charge in [0.25, 0.3) is 0 Å². The molecular weight excluding hydrogens is 186 g/mol. The molecule has 0 bridgehead atoms. The maximum atomic E-state index is 11.3. The molecule has 0 heterocycles. The molecule has 2 nitrogen and oxygen atoms in total. The smallest absolute Gasteiger partial charge is 0.158 e. The van der Waals surface area contributed by atoms with Crippen LogP contribution < -0.4 is 5.73 Å². The molecule has 0 aromatic heterocycles. The molecule has 0 aliphatic heterocycles. The molecule has 1 rings (SSSR count). The van der Waals surface area contributed by atoms with Crippen molar-refractivity contribution in [3.63, 3.8) is 0 Å². The largest absolute Gasteiger partial charge is 0.324 e. The molecule has 0 saturated carbocycles.